The number of nitrogens with zero attached hydrogens (tertiary/aromatic N) is 1. The minimum atomic E-state index is -0.520. The summed E-state index contributed by atoms with van der Waals surface area (Å²) in [6, 6.07) is 11.5. The van der Waals surface area contributed by atoms with Crippen LogP contribution in [0.4, 0.5) is 15.8 Å². The lowest BCUT2D eigenvalue weighted by atomic mass is 9.88. The van der Waals surface area contributed by atoms with E-state index >= 15 is 0 Å². The van der Waals surface area contributed by atoms with Crippen LogP contribution in [0.25, 0.3) is 0 Å². The van der Waals surface area contributed by atoms with Crippen molar-refractivity contribution in [2.75, 3.05) is 10.6 Å². The van der Waals surface area contributed by atoms with Crippen LogP contribution in [-0.4, -0.2) is 16.8 Å². The predicted molar refractivity (Wildman–Crippen MR) is 132 cm³/mol. The van der Waals surface area contributed by atoms with Crippen molar-refractivity contribution < 1.29 is 14.0 Å². The molecule has 0 atom stereocenters. The Balaban J connectivity index is 1.35. The van der Waals surface area contributed by atoms with E-state index in [1.165, 1.54) is 18.2 Å². The zero-order valence-corrected chi connectivity index (χ0v) is 20.0. The average molecular weight is 484 g/mol. The molecule has 8 heteroatoms. The molecule has 3 aromatic rings. The number of carbonyl (C=O) groups is 2. The molecule has 4 rings (SSSR count). The van der Waals surface area contributed by atoms with Gasteiger partial charge in [-0.15, -0.1) is 23.1 Å². The van der Waals surface area contributed by atoms with E-state index < -0.39 is 5.82 Å². The van der Waals surface area contributed by atoms with Gasteiger partial charge in [-0.2, -0.15) is 0 Å². The van der Waals surface area contributed by atoms with E-state index in [2.05, 4.69) is 21.0 Å². The maximum Gasteiger partial charge on any atom is 0.255 e. The van der Waals surface area contributed by atoms with E-state index in [4.69, 9.17) is 0 Å². The Hall–Kier alpha value is -2.71. The normalized spacial score (nSPS) is 14.1. The summed E-state index contributed by atoms with van der Waals surface area (Å²) in [7, 11) is 0. The van der Waals surface area contributed by atoms with Gasteiger partial charge in [-0.25, -0.2) is 9.37 Å². The molecule has 2 aromatic carbocycles. The van der Waals surface area contributed by atoms with Gasteiger partial charge in [0.05, 0.1) is 16.4 Å². The third-order valence-electron chi connectivity index (χ3n) is 5.63. The fourth-order valence-corrected chi connectivity index (χ4v) is 5.35. The van der Waals surface area contributed by atoms with Crippen LogP contribution < -0.4 is 10.6 Å². The van der Waals surface area contributed by atoms with Crippen molar-refractivity contribution in [2.24, 2.45) is 5.92 Å². The Morgan fingerprint density at radius 3 is 2.55 bits per heavy atom. The van der Waals surface area contributed by atoms with E-state index in [-0.39, 0.29) is 23.4 Å². The Labute approximate surface area is 201 Å². The van der Waals surface area contributed by atoms with E-state index in [0.717, 1.165) is 53.5 Å². The molecule has 5 nitrogen and oxygen atoms in total. The highest BCUT2D eigenvalue weighted by atomic mass is 32.2. The molecular weight excluding hydrogens is 457 g/mol. The van der Waals surface area contributed by atoms with Gasteiger partial charge in [-0.1, -0.05) is 19.3 Å². The van der Waals surface area contributed by atoms with E-state index in [9.17, 15) is 14.0 Å². The fourth-order valence-electron chi connectivity index (χ4n) is 3.84. The standard InChI is InChI=1S/C25H26FN3O2S2/c1-16-27-20(14-32-16)15-33-21-10-7-18(8-11-21)24(30)28-19-9-12-22(26)23(13-19)29-25(31)17-5-3-2-4-6-17/h7-14,17H,2-6,15H2,1H3,(H,28,30)(H,29,31). The minimum absolute atomic E-state index is 0.0766. The number of benzene rings is 2. The molecule has 2 N–H and O–H groups in total. The molecule has 0 spiro atoms. The Morgan fingerprint density at radius 2 is 1.85 bits per heavy atom. The molecule has 1 aliphatic rings. The van der Waals surface area contributed by atoms with Gasteiger partial charge >= 0.3 is 0 Å². The van der Waals surface area contributed by atoms with Gasteiger partial charge in [0.15, 0.2) is 0 Å². The van der Waals surface area contributed by atoms with Crippen molar-refractivity contribution in [1.82, 2.24) is 4.98 Å². The van der Waals surface area contributed by atoms with Gasteiger partial charge in [0, 0.05) is 33.2 Å². The Bertz CT molecular complexity index is 1120. The minimum Gasteiger partial charge on any atom is -0.323 e. The van der Waals surface area contributed by atoms with Crippen molar-refractivity contribution in [1.29, 1.82) is 0 Å². The zero-order chi connectivity index (χ0) is 23.2. The van der Waals surface area contributed by atoms with Crippen LogP contribution in [0, 0.1) is 18.7 Å². The number of rotatable bonds is 7. The number of amides is 2. The lowest BCUT2D eigenvalue weighted by Crippen LogP contribution is -2.25. The summed E-state index contributed by atoms with van der Waals surface area (Å²) < 4.78 is 14.3. The molecule has 1 aromatic heterocycles. The number of anilines is 2. The third-order valence-corrected chi connectivity index (χ3v) is 7.50. The molecule has 172 valence electrons. The van der Waals surface area contributed by atoms with Crippen molar-refractivity contribution in [3.8, 4) is 0 Å². The molecule has 0 saturated heterocycles. The Morgan fingerprint density at radius 1 is 1.09 bits per heavy atom. The zero-order valence-electron chi connectivity index (χ0n) is 18.4. The quantitative estimate of drug-likeness (QED) is 0.369. The molecule has 0 bridgehead atoms. The summed E-state index contributed by atoms with van der Waals surface area (Å²) in [6.45, 7) is 1.99. The van der Waals surface area contributed by atoms with E-state index in [0.29, 0.717) is 11.3 Å². The predicted octanol–water partition coefficient (Wildman–Crippen LogP) is 6.65. The maximum absolute atomic E-state index is 14.3. The van der Waals surface area contributed by atoms with Gasteiger partial charge in [-0.3, -0.25) is 9.59 Å². The van der Waals surface area contributed by atoms with Gasteiger partial charge in [0.25, 0.3) is 5.91 Å². The van der Waals surface area contributed by atoms with Crippen molar-refractivity contribution in [2.45, 2.75) is 49.7 Å². The Kier molecular flexibility index (Phi) is 7.77. The molecule has 1 fully saturated rings. The van der Waals surface area contributed by atoms with E-state index in [1.807, 2.05) is 19.1 Å². The van der Waals surface area contributed by atoms with E-state index in [1.54, 1.807) is 35.2 Å². The summed E-state index contributed by atoms with van der Waals surface area (Å²) in [4.78, 5) is 30.7. The number of aryl methyl sites for hydroxylation is 1. The fraction of sp³-hybridized carbons (Fsp3) is 0.320. The summed E-state index contributed by atoms with van der Waals surface area (Å²) in [6.07, 6.45) is 4.87. The highest BCUT2D eigenvalue weighted by molar-refractivity contribution is 7.98. The van der Waals surface area contributed by atoms with Crippen LogP contribution in [0.15, 0.2) is 52.7 Å². The summed E-state index contributed by atoms with van der Waals surface area (Å²) in [5.41, 5.74) is 2.07. The van der Waals surface area contributed by atoms with Crippen molar-refractivity contribution in [3.63, 3.8) is 0 Å². The third kappa shape index (κ3) is 6.42. The molecule has 0 radical (unpaired) electrons. The summed E-state index contributed by atoms with van der Waals surface area (Å²) in [5.74, 6) is -0.266. The lowest BCUT2D eigenvalue weighted by molar-refractivity contribution is -0.120. The second-order valence-electron chi connectivity index (χ2n) is 8.14. The van der Waals surface area contributed by atoms with Gasteiger partial charge < -0.3 is 10.6 Å². The largest absolute Gasteiger partial charge is 0.323 e. The number of hydrogen-bond donors (Lipinski definition) is 2. The first kappa shape index (κ1) is 23.4. The summed E-state index contributed by atoms with van der Waals surface area (Å²) in [5, 5.41) is 8.59. The number of halogens is 1. The second kappa shape index (κ2) is 10.9. The first-order valence-corrected chi connectivity index (χ1v) is 12.9. The number of carbonyl (C=O) groups excluding carboxylic acids is 2. The average Bonchev–Trinajstić information content (AvgIpc) is 3.25. The highest BCUT2D eigenvalue weighted by Gasteiger charge is 2.22. The number of thioether (sulfide) groups is 1. The summed E-state index contributed by atoms with van der Waals surface area (Å²) >= 11 is 3.30. The molecular formula is C25H26FN3O2S2. The van der Waals surface area contributed by atoms with Crippen LogP contribution >= 0.6 is 23.1 Å². The number of nitrogens with one attached hydrogen (secondary N) is 2. The van der Waals surface area contributed by atoms with Crippen molar-refractivity contribution >= 4 is 46.3 Å². The van der Waals surface area contributed by atoms with Crippen LogP contribution in [0.3, 0.4) is 0 Å². The second-order valence-corrected chi connectivity index (χ2v) is 10.3. The van der Waals surface area contributed by atoms with Crippen LogP contribution in [0.2, 0.25) is 0 Å². The first-order chi connectivity index (χ1) is 16.0. The smallest absolute Gasteiger partial charge is 0.255 e. The number of hydrogen-bond acceptors (Lipinski definition) is 5. The SMILES string of the molecule is Cc1nc(CSc2ccc(C(=O)Nc3ccc(F)c(NC(=O)C4CCCCC4)c3)cc2)cs1. The maximum atomic E-state index is 14.3. The molecule has 1 aliphatic carbocycles. The number of thiazole rings is 1. The monoisotopic (exact) mass is 483 g/mol. The highest BCUT2D eigenvalue weighted by Crippen LogP contribution is 2.27. The molecule has 0 aliphatic heterocycles. The van der Waals surface area contributed by atoms with Crippen LogP contribution in [0.1, 0.15) is 53.2 Å². The van der Waals surface area contributed by atoms with Crippen molar-refractivity contribution in [3.05, 3.63) is 69.9 Å². The topological polar surface area (TPSA) is 71.1 Å². The number of aromatic nitrogens is 1. The van der Waals surface area contributed by atoms with Crippen LogP contribution in [0.5, 0.6) is 0 Å². The first-order valence-electron chi connectivity index (χ1n) is 11.0. The molecule has 1 heterocycles. The molecule has 1 saturated carbocycles. The molecule has 33 heavy (non-hydrogen) atoms. The van der Waals surface area contributed by atoms with Crippen LogP contribution in [-0.2, 0) is 10.5 Å². The van der Waals surface area contributed by atoms with Gasteiger partial charge in [-0.05, 0) is 62.2 Å². The molecule has 0 unspecified atom stereocenters. The van der Waals surface area contributed by atoms with Gasteiger partial charge in [0.2, 0.25) is 5.91 Å². The van der Waals surface area contributed by atoms with Gasteiger partial charge in [0.1, 0.15) is 5.82 Å². The lowest BCUT2D eigenvalue weighted by Gasteiger charge is -2.21. The molecule has 2 amide bonds.